The van der Waals surface area contributed by atoms with Crippen LogP contribution in [0.2, 0.25) is 0 Å². The van der Waals surface area contributed by atoms with Crippen LogP contribution >= 0.6 is 0 Å². The zero-order valence-electron chi connectivity index (χ0n) is 15.4. The molecule has 1 fully saturated rings. The van der Waals surface area contributed by atoms with E-state index in [1.165, 1.54) is 0 Å². The van der Waals surface area contributed by atoms with E-state index in [-0.39, 0.29) is 29.6 Å². The van der Waals surface area contributed by atoms with Crippen molar-refractivity contribution in [1.82, 2.24) is 5.32 Å². The molecule has 2 rings (SSSR count). The number of nitrogens with zero attached hydrogens (tertiary/aromatic N) is 1. The Morgan fingerprint density at radius 2 is 2.04 bits per heavy atom. The number of carbonyl (C=O) groups excluding carboxylic acids is 1. The molecule has 5 nitrogen and oxygen atoms in total. The first-order valence-electron chi connectivity index (χ1n) is 8.68. The number of amides is 1. The molecule has 1 saturated heterocycles. The quantitative estimate of drug-likeness (QED) is 0.803. The number of nitrogens with one attached hydrogen (secondary N) is 1. The largest absolute Gasteiger partial charge is 0.447 e. The minimum atomic E-state index is -0.358. The van der Waals surface area contributed by atoms with Crippen LogP contribution in [0.3, 0.4) is 0 Å². The SMILES string of the molecule is CC(NCC(C)(C)C(O)C(C)C)c1cccc(N2CCOC2=O)c1. The van der Waals surface area contributed by atoms with Crippen molar-refractivity contribution in [1.29, 1.82) is 0 Å². The van der Waals surface area contributed by atoms with Crippen molar-refractivity contribution >= 4 is 11.8 Å². The Balaban J connectivity index is 2.02. The van der Waals surface area contributed by atoms with Crippen LogP contribution in [0.4, 0.5) is 10.5 Å². The van der Waals surface area contributed by atoms with Gasteiger partial charge in [0.2, 0.25) is 0 Å². The van der Waals surface area contributed by atoms with Crippen LogP contribution in [-0.4, -0.2) is 37.0 Å². The summed E-state index contributed by atoms with van der Waals surface area (Å²) in [5.74, 6) is 0.224. The molecular weight excluding hydrogens is 304 g/mol. The number of anilines is 1. The standard InChI is InChI=1S/C19H30N2O3/c1-13(2)17(22)19(4,5)12-20-14(3)15-7-6-8-16(11-15)21-9-10-24-18(21)23/h6-8,11,13-14,17,20,22H,9-10,12H2,1-5H3. The first-order chi connectivity index (χ1) is 11.2. The fourth-order valence-electron chi connectivity index (χ4n) is 3.13. The van der Waals surface area contributed by atoms with Gasteiger partial charge in [-0.2, -0.15) is 0 Å². The Hall–Kier alpha value is -1.59. The lowest BCUT2D eigenvalue weighted by molar-refractivity contribution is 0.0124. The monoisotopic (exact) mass is 334 g/mol. The molecule has 2 atom stereocenters. The molecule has 1 amide bonds. The molecule has 0 spiro atoms. The number of carbonyl (C=O) groups is 1. The summed E-state index contributed by atoms with van der Waals surface area (Å²) in [7, 11) is 0. The van der Waals surface area contributed by atoms with Gasteiger partial charge in [0.05, 0.1) is 12.6 Å². The number of hydrogen-bond acceptors (Lipinski definition) is 4. The van der Waals surface area contributed by atoms with Gasteiger partial charge in [0.25, 0.3) is 0 Å². The Morgan fingerprint density at radius 3 is 2.62 bits per heavy atom. The molecule has 134 valence electrons. The summed E-state index contributed by atoms with van der Waals surface area (Å²) < 4.78 is 5.00. The van der Waals surface area contributed by atoms with Gasteiger partial charge < -0.3 is 15.2 Å². The molecular formula is C19H30N2O3. The number of ether oxygens (including phenoxy) is 1. The number of cyclic esters (lactones) is 1. The van der Waals surface area contributed by atoms with Gasteiger partial charge in [-0.05, 0) is 30.5 Å². The van der Waals surface area contributed by atoms with Crippen molar-refractivity contribution in [2.24, 2.45) is 11.3 Å². The van der Waals surface area contributed by atoms with E-state index in [0.717, 1.165) is 11.3 Å². The fraction of sp³-hybridized carbons (Fsp3) is 0.632. The fourth-order valence-corrected chi connectivity index (χ4v) is 3.13. The summed E-state index contributed by atoms with van der Waals surface area (Å²) in [6.45, 7) is 12.1. The number of aliphatic hydroxyl groups is 1. The van der Waals surface area contributed by atoms with Crippen LogP contribution < -0.4 is 10.2 Å². The third-order valence-electron chi connectivity index (χ3n) is 4.74. The summed E-state index contributed by atoms with van der Waals surface area (Å²) >= 11 is 0. The average molecular weight is 334 g/mol. The van der Waals surface area contributed by atoms with Gasteiger partial charge in [-0.3, -0.25) is 4.90 Å². The van der Waals surface area contributed by atoms with E-state index in [2.05, 4.69) is 32.2 Å². The topological polar surface area (TPSA) is 61.8 Å². The molecule has 24 heavy (non-hydrogen) atoms. The van der Waals surface area contributed by atoms with E-state index in [0.29, 0.717) is 19.7 Å². The third kappa shape index (κ3) is 4.28. The van der Waals surface area contributed by atoms with Crippen molar-refractivity contribution in [3.63, 3.8) is 0 Å². The molecule has 1 aliphatic rings. The van der Waals surface area contributed by atoms with E-state index in [9.17, 15) is 9.90 Å². The van der Waals surface area contributed by atoms with Gasteiger partial charge in [-0.15, -0.1) is 0 Å². The summed E-state index contributed by atoms with van der Waals surface area (Å²) in [4.78, 5) is 13.4. The summed E-state index contributed by atoms with van der Waals surface area (Å²) in [5.41, 5.74) is 1.77. The van der Waals surface area contributed by atoms with E-state index < -0.39 is 0 Å². The number of benzene rings is 1. The highest BCUT2D eigenvalue weighted by atomic mass is 16.6. The molecule has 1 heterocycles. The molecule has 0 bridgehead atoms. The van der Waals surface area contributed by atoms with Gasteiger partial charge in [0.15, 0.2) is 0 Å². The van der Waals surface area contributed by atoms with E-state index in [1.54, 1.807) is 4.90 Å². The number of aliphatic hydroxyl groups excluding tert-OH is 1. The van der Waals surface area contributed by atoms with Gasteiger partial charge >= 0.3 is 6.09 Å². The Morgan fingerprint density at radius 1 is 1.33 bits per heavy atom. The van der Waals surface area contributed by atoms with Crippen LogP contribution in [0.5, 0.6) is 0 Å². The molecule has 0 aliphatic carbocycles. The Labute approximate surface area is 145 Å². The second-order valence-corrected chi connectivity index (χ2v) is 7.64. The first kappa shape index (κ1) is 18.7. The summed E-state index contributed by atoms with van der Waals surface area (Å²) in [5, 5.41) is 13.9. The van der Waals surface area contributed by atoms with Crippen molar-refractivity contribution in [2.45, 2.75) is 46.8 Å². The molecule has 0 radical (unpaired) electrons. The predicted molar refractivity (Wildman–Crippen MR) is 96.2 cm³/mol. The zero-order chi connectivity index (χ0) is 17.9. The summed E-state index contributed by atoms with van der Waals surface area (Å²) in [6, 6.07) is 8.09. The van der Waals surface area contributed by atoms with Crippen LogP contribution in [0.25, 0.3) is 0 Å². The zero-order valence-corrected chi connectivity index (χ0v) is 15.4. The molecule has 2 N–H and O–H groups in total. The van der Waals surface area contributed by atoms with E-state index in [4.69, 9.17) is 4.74 Å². The van der Waals surface area contributed by atoms with Crippen molar-refractivity contribution in [3.05, 3.63) is 29.8 Å². The van der Waals surface area contributed by atoms with Crippen LogP contribution in [0, 0.1) is 11.3 Å². The van der Waals surface area contributed by atoms with Crippen molar-refractivity contribution in [3.8, 4) is 0 Å². The van der Waals surface area contributed by atoms with Crippen molar-refractivity contribution in [2.75, 3.05) is 24.6 Å². The minimum Gasteiger partial charge on any atom is -0.447 e. The lowest BCUT2D eigenvalue weighted by Crippen LogP contribution is -2.42. The normalized spacial score (nSPS) is 18.0. The molecule has 0 aromatic heterocycles. The third-order valence-corrected chi connectivity index (χ3v) is 4.74. The maximum atomic E-state index is 11.7. The van der Waals surface area contributed by atoms with Crippen LogP contribution in [0.15, 0.2) is 24.3 Å². The van der Waals surface area contributed by atoms with E-state index in [1.807, 2.05) is 32.0 Å². The highest BCUT2D eigenvalue weighted by molar-refractivity contribution is 5.89. The van der Waals surface area contributed by atoms with Gasteiger partial charge in [-0.25, -0.2) is 4.79 Å². The average Bonchev–Trinajstić information content (AvgIpc) is 2.98. The smallest absolute Gasteiger partial charge is 0.414 e. The van der Waals surface area contributed by atoms with Gasteiger partial charge in [0, 0.05) is 23.7 Å². The molecule has 1 aliphatic heterocycles. The number of hydrogen-bond donors (Lipinski definition) is 2. The summed E-state index contributed by atoms with van der Waals surface area (Å²) in [6.07, 6.45) is -0.642. The molecule has 2 unspecified atom stereocenters. The van der Waals surface area contributed by atoms with Crippen molar-refractivity contribution < 1.29 is 14.6 Å². The van der Waals surface area contributed by atoms with Crippen LogP contribution in [-0.2, 0) is 4.74 Å². The molecule has 0 saturated carbocycles. The lowest BCUT2D eigenvalue weighted by atomic mass is 9.80. The highest BCUT2D eigenvalue weighted by Gasteiger charge is 2.30. The maximum Gasteiger partial charge on any atom is 0.414 e. The second kappa shape index (κ2) is 7.53. The van der Waals surface area contributed by atoms with Gasteiger partial charge in [-0.1, -0.05) is 39.8 Å². The number of rotatable bonds is 7. The minimum absolute atomic E-state index is 0.127. The predicted octanol–water partition coefficient (Wildman–Crippen LogP) is 3.34. The highest BCUT2D eigenvalue weighted by Crippen LogP contribution is 2.27. The molecule has 5 heteroatoms. The van der Waals surface area contributed by atoms with E-state index >= 15 is 0 Å². The Kier molecular flexibility index (Phi) is 5.88. The molecule has 1 aromatic rings. The Bertz CT molecular complexity index is 571. The lowest BCUT2D eigenvalue weighted by Gasteiger charge is -2.34. The maximum absolute atomic E-state index is 11.7. The van der Waals surface area contributed by atoms with Gasteiger partial charge in [0.1, 0.15) is 6.61 Å². The van der Waals surface area contributed by atoms with Crippen LogP contribution in [0.1, 0.15) is 46.2 Å². The second-order valence-electron chi connectivity index (χ2n) is 7.64. The first-order valence-corrected chi connectivity index (χ1v) is 8.68. The molecule has 1 aromatic carbocycles.